The van der Waals surface area contributed by atoms with Crippen LogP contribution in [-0.4, -0.2) is 44.8 Å². The van der Waals surface area contributed by atoms with Crippen molar-refractivity contribution in [1.82, 2.24) is 24.6 Å². The van der Waals surface area contributed by atoms with Crippen LogP contribution in [0.15, 0.2) is 24.4 Å². The predicted molar refractivity (Wildman–Crippen MR) is 80.0 cm³/mol. The van der Waals surface area contributed by atoms with E-state index < -0.39 is 0 Å². The van der Waals surface area contributed by atoms with Gasteiger partial charge in [0, 0.05) is 50.3 Å². The number of rotatable bonds is 3. The average Bonchev–Trinajstić information content (AvgIpc) is 3.02. The van der Waals surface area contributed by atoms with Crippen LogP contribution in [0.1, 0.15) is 21.9 Å². The Kier molecular flexibility index (Phi) is 3.55. The normalized spacial score (nSPS) is 18.5. The fourth-order valence-electron chi connectivity index (χ4n) is 2.72. The lowest BCUT2D eigenvalue weighted by Crippen LogP contribution is -2.47. The second-order valence-corrected chi connectivity index (χ2v) is 5.73. The first-order valence-corrected chi connectivity index (χ1v) is 7.17. The lowest BCUT2D eigenvalue weighted by atomic mass is 10.2. The minimum atomic E-state index is -0.106. The Morgan fingerprint density at radius 3 is 3.00 bits per heavy atom. The standard InChI is InChI=1S/C15H21N5O/c1-11-7-14(17-19(11)3)15(21)16-8-13-10-20-6-4-5-12(20)9-18(13)2/h4-7,13H,8-10H2,1-3H3,(H,16,21). The zero-order chi connectivity index (χ0) is 15.0. The van der Waals surface area contributed by atoms with Crippen LogP contribution in [0.5, 0.6) is 0 Å². The molecule has 1 amide bonds. The number of fused-ring (bicyclic) bond motifs is 1. The van der Waals surface area contributed by atoms with E-state index in [1.807, 2.05) is 20.0 Å². The molecule has 0 aromatic carbocycles. The third-order valence-electron chi connectivity index (χ3n) is 4.21. The van der Waals surface area contributed by atoms with Gasteiger partial charge >= 0.3 is 0 Å². The van der Waals surface area contributed by atoms with Gasteiger partial charge in [0.1, 0.15) is 5.69 Å². The van der Waals surface area contributed by atoms with Gasteiger partial charge in [-0.05, 0) is 32.2 Å². The monoisotopic (exact) mass is 287 g/mol. The summed E-state index contributed by atoms with van der Waals surface area (Å²) in [6, 6.07) is 6.32. The number of carbonyl (C=O) groups excluding carboxylic acids is 1. The summed E-state index contributed by atoms with van der Waals surface area (Å²) >= 11 is 0. The first kappa shape index (κ1) is 13.9. The highest BCUT2D eigenvalue weighted by molar-refractivity contribution is 5.92. The molecule has 1 aliphatic heterocycles. The van der Waals surface area contributed by atoms with Crippen LogP contribution in [0.25, 0.3) is 0 Å². The second kappa shape index (κ2) is 5.37. The van der Waals surface area contributed by atoms with Gasteiger partial charge in [-0.1, -0.05) is 0 Å². The van der Waals surface area contributed by atoms with Crippen LogP contribution in [0.4, 0.5) is 0 Å². The van der Waals surface area contributed by atoms with Crippen LogP contribution >= 0.6 is 0 Å². The summed E-state index contributed by atoms with van der Waals surface area (Å²) in [7, 11) is 3.94. The Bertz CT molecular complexity index is 637. The van der Waals surface area contributed by atoms with Gasteiger partial charge in [-0.15, -0.1) is 0 Å². The SMILES string of the molecule is Cc1cc(C(=O)NCC2Cn3cccc3CN2C)nn1C. The van der Waals surface area contributed by atoms with Gasteiger partial charge in [0.05, 0.1) is 0 Å². The second-order valence-electron chi connectivity index (χ2n) is 5.73. The molecule has 2 aromatic rings. The van der Waals surface area contributed by atoms with Gasteiger partial charge in [0.25, 0.3) is 5.91 Å². The summed E-state index contributed by atoms with van der Waals surface area (Å²) in [6.07, 6.45) is 2.10. The summed E-state index contributed by atoms with van der Waals surface area (Å²) in [5, 5.41) is 7.20. The Morgan fingerprint density at radius 1 is 1.48 bits per heavy atom. The van der Waals surface area contributed by atoms with Crippen molar-refractivity contribution in [2.24, 2.45) is 7.05 Å². The third kappa shape index (κ3) is 2.71. The number of hydrogen-bond donors (Lipinski definition) is 1. The number of likely N-dealkylation sites (N-methyl/N-ethyl adjacent to an activating group) is 1. The quantitative estimate of drug-likeness (QED) is 0.907. The number of aryl methyl sites for hydroxylation is 2. The van der Waals surface area contributed by atoms with Gasteiger partial charge in [0.2, 0.25) is 0 Å². The number of amides is 1. The van der Waals surface area contributed by atoms with Gasteiger partial charge in [-0.3, -0.25) is 14.4 Å². The summed E-state index contributed by atoms with van der Waals surface area (Å²) in [5.74, 6) is -0.106. The highest BCUT2D eigenvalue weighted by atomic mass is 16.1. The average molecular weight is 287 g/mol. The van der Waals surface area contributed by atoms with Gasteiger partial charge < -0.3 is 9.88 Å². The van der Waals surface area contributed by atoms with E-state index in [-0.39, 0.29) is 5.91 Å². The van der Waals surface area contributed by atoms with Gasteiger partial charge in [0.15, 0.2) is 0 Å². The minimum absolute atomic E-state index is 0.106. The van der Waals surface area contributed by atoms with Crippen LogP contribution in [0.2, 0.25) is 0 Å². The molecule has 3 rings (SSSR count). The lowest BCUT2D eigenvalue weighted by Gasteiger charge is -2.34. The molecule has 0 radical (unpaired) electrons. The molecule has 0 fully saturated rings. The maximum Gasteiger partial charge on any atom is 0.271 e. The third-order valence-corrected chi connectivity index (χ3v) is 4.21. The fraction of sp³-hybridized carbons (Fsp3) is 0.467. The van der Waals surface area contributed by atoms with Crippen molar-refractivity contribution in [2.75, 3.05) is 13.6 Å². The molecule has 0 aliphatic carbocycles. The Hall–Kier alpha value is -2.08. The van der Waals surface area contributed by atoms with E-state index in [4.69, 9.17) is 0 Å². The lowest BCUT2D eigenvalue weighted by molar-refractivity contribution is 0.0920. The molecule has 0 saturated carbocycles. The first-order chi connectivity index (χ1) is 10.0. The van der Waals surface area contributed by atoms with Crippen molar-refractivity contribution in [3.63, 3.8) is 0 Å². The van der Waals surface area contributed by atoms with Gasteiger partial charge in [-0.2, -0.15) is 5.10 Å². The zero-order valence-electron chi connectivity index (χ0n) is 12.7. The zero-order valence-corrected chi connectivity index (χ0v) is 12.7. The van der Waals surface area contributed by atoms with Crippen molar-refractivity contribution in [1.29, 1.82) is 0 Å². The summed E-state index contributed by atoms with van der Waals surface area (Å²) in [5.41, 5.74) is 2.78. The van der Waals surface area contributed by atoms with E-state index in [0.29, 0.717) is 18.3 Å². The molecule has 2 aromatic heterocycles. The van der Waals surface area contributed by atoms with E-state index in [1.54, 1.807) is 4.68 Å². The summed E-state index contributed by atoms with van der Waals surface area (Å²) in [6.45, 7) is 4.38. The van der Waals surface area contributed by atoms with Crippen molar-refractivity contribution in [3.05, 3.63) is 41.5 Å². The van der Waals surface area contributed by atoms with Crippen molar-refractivity contribution < 1.29 is 4.79 Å². The molecule has 112 valence electrons. The molecule has 1 aliphatic rings. The number of nitrogens with zero attached hydrogens (tertiary/aromatic N) is 4. The molecular formula is C15H21N5O. The van der Waals surface area contributed by atoms with E-state index in [2.05, 4.69) is 45.3 Å². The van der Waals surface area contributed by atoms with E-state index in [9.17, 15) is 4.79 Å². The molecule has 0 saturated heterocycles. The molecule has 21 heavy (non-hydrogen) atoms. The first-order valence-electron chi connectivity index (χ1n) is 7.17. The van der Waals surface area contributed by atoms with Crippen LogP contribution in [0.3, 0.4) is 0 Å². The highest BCUT2D eigenvalue weighted by Gasteiger charge is 2.23. The Balaban J connectivity index is 1.61. The number of hydrogen-bond acceptors (Lipinski definition) is 3. The topological polar surface area (TPSA) is 55.1 Å². The van der Waals surface area contributed by atoms with Crippen molar-refractivity contribution in [2.45, 2.75) is 26.1 Å². The molecular weight excluding hydrogens is 266 g/mol. The largest absolute Gasteiger partial charge is 0.349 e. The fourth-order valence-corrected chi connectivity index (χ4v) is 2.72. The van der Waals surface area contributed by atoms with Gasteiger partial charge in [-0.25, -0.2) is 0 Å². The molecule has 1 atom stereocenters. The molecule has 6 heteroatoms. The molecule has 0 spiro atoms. The predicted octanol–water partition coefficient (Wildman–Crippen LogP) is 0.774. The van der Waals surface area contributed by atoms with Crippen LogP contribution < -0.4 is 5.32 Å². The van der Waals surface area contributed by atoms with Crippen LogP contribution in [-0.2, 0) is 20.1 Å². The maximum atomic E-state index is 12.1. The van der Waals surface area contributed by atoms with Crippen molar-refractivity contribution in [3.8, 4) is 0 Å². The van der Waals surface area contributed by atoms with Crippen molar-refractivity contribution >= 4 is 5.91 Å². The van der Waals surface area contributed by atoms with E-state index in [0.717, 1.165) is 18.8 Å². The smallest absolute Gasteiger partial charge is 0.271 e. The molecule has 1 unspecified atom stereocenters. The highest BCUT2D eigenvalue weighted by Crippen LogP contribution is 2.16. The Labute approximate surface area is 124 Å². The number of aromatic nitrogens is 3. The summed E-state index contributed by atoms with van der Waals surface area (Å²) in [4.78, 5) is 14.4. The minimum Gasteiger partial charge on any atom is -0.349 e. The van der Waals surface area contributed by atoms with E-state index in [1.165, 1.54) is 5.69 Å². The molecule has 6 nitrogen and oxygen atoms in total. The van der Waals surface area contributed by atoms with Crippen LogP contribution in [0, 0.1) is 6.92 Å². The number of carbonyl (C=O) groups is 1. The van der Waals surface area contributed by atoms with E-state index >= 15 is 0 Å². The molecule has 1 N–H and O–H groups in total. The maximum absolute atomic E-state index is 12.1. The Morgan fingerprint density at radius 2 is 2.29 bits per heavy atom. The molecule has 3 heterocycles. The summed E-state index contributed by atoms with van der Waals surface area (Å²) < 4.78 is 3.97. The number of nitrogens with one attached hydrogen (secondary N) is 1. The molecule has 0 bridgehead atoms.